The number of hydrogen-bond donors (Lipinski definition) is 3. The summed E-state index contributed by atoms with van der Waals surface area (Å²) in [5.74, 6) is -4.12. The Kier molecular flexibility index (Phi) is 6.27. The predicted octanol–water partition coefficient (Wildman–Crippen LogP) is 3.35. The van der Waals surface area contributed by atoms with E-state index in [9.17, 15) is 19.2 Å². The summed E-state index contributed by atoms with van der Waals surface area (Å²) in [5.41, 5.74) is 0.900. The fourth-order valence-corrected chi connectivity index (χ4v) is 5.29. The van der Waals surface area contributed by atoms with Gasteiger partial charge in [-0.15, -0.1) is 0 Å². The van der Waals surface area contributed by atoms with E-state index in [2.05, 4.69) is 10.6 Å². The normalized spacial score (nSPS) is 19.9. The molecule has 168 valence electrons. The average molecular weight is 510 g/mol. The Labute approximate surface area is 198 Å². The largest absolute Gasteiger partial charge is 0.345 e. The summed E-state index contributed by atoms with van der Waals surface area (Å²) in [7, 11) is 0. The Bertz CT molecular complexity index is 962. The van der Waals surface area contributed by atoms with Crippen LogP contribution in [0.3, 0.4) is 0 Å². The lowest BCUT2D eigenvalue weighted by Crippen LogP contribution is -2.63. The molecule has 3 N–H and O–H groups in total. The van der Waals surface area contributed by atoms with Crippen molar-refractivity contribution >= 4 is 70.0 Å². The van der Waals surface area contributed by atoms with Crippen LogP contribution in [-0.2, 0) is 9.59 Å². The number of imide groups is 1. The van der Waals surface area contributed by atoms with Gasteiger partial charge in [0.1, 0.15) is 0 Å². The summed E-state index contributed by atoms with van der Waals surface area (Å²) in [4.78, 5) is 50.2. The van der Waals surface area contributed by atoms with E-state index < -0.39 is 23.6 Å². The number of hydrazine groups is 1. The van der Waals surface area contributed by atoms with Gasteiger partial charge in [0.05, 0.1) is 31.2 Å². The molecule has 31 heavy (non-hydrogen) atoms. The highest BCUT2D eigenvalue weighted by molar-refractivity contribution is 6.55. The lowest BCUT2D eigenvalue weighted by Gasteiger charge is -2.46. The molecule has 0 saturated carbocycles. The van der Waals surface area contributed by atoms with Crippen molar-refractivity contribution < 1.29 is 19.2 Å². The average Bonchev–Trinajstić information content (AvgIpc) is 2.86. The molecule has 1 aromatic carbocycles. The van der Waals surface area contributed by atoms with Crippen LogP contribution in [0.2, 0.25) is 20.1 Å². The third-order valence-electron chi connectivity index (χ3n) is 5.05. The maximum Gasteiger partial charge on any atom is 0.328 e. The zero-order valence-corrected chi connectivity index (χ0v) is 20.1. The number of nitrogens with one attached hydrogen (secondary N) is 3. The third-order valence-corrected chi connectivity index (χ3v) is 6.85. The van der Waals surface area contributed by atoms with E-state index in [0.717, 1.165) is 0 Å². The SMILES string of the molecule is CC1(C)CC(NC(=O)C(=O)NN2C(=O)c3c(Cl)c(Cl)c(Cl)c(Cl)c3C2=O)CC(C)(C)N1. The number of carbonyl (C=O) groups is 4. The molecule has 0 spiro atoms. The quantitative estimate of drug-likeness (QED) is 0.245. The molecule has 0 radical (unpaired) electrons. The van der Waals surface area contributed by atoms with Crippen LogP contribution < -0.4 is 16.1 Å². The van der Waals surface area contributed by atoms with E-state index in [1.54, 1.807) is 0 Å². The van der Waals surface area contributed by atoms with E-state index in [0.29, 0.717) is 17.9 Å². The number of halogens is 4. The molecule has 1 aromatic rings. The van der Waals surface area contributed by atoms with E-state index in [-0.39, 0.29) is 48.3 Å². The Morgan fingerprint density at radius 3 is 1.68 bits per heavy atom. The minimum Gasteiger partial charge on any atom is -0.345 e. The fourth-order valence-electron chi connectivity index (χ4n) is 4.28. The van der Waals surface area contributed by atoms with Gasteiger partial charge in [-0.3, -0.25) is 19.2 Å². The van der Waals surface area contributed by atoms with Crippen LogP contribution in [0.15, 0.2) is 0 Å². The molecule has 1 fully saturated rings. The molecule has 12 heteroatoms. The Hall–Kier alpha value is -1.58. The smallest absolute Gasteiger partial charge is 0.328 e. The lowest BCUT2D eigenvalue weighted by molar-refractivity contribution is -0.141. The van der Waals surface area contributed by atoms with Crippen LogP contribution in [0.1, 0.15) is 61.3 Å². The summed E-state index contributed by atoms with van der Waals surface area (Å²) < 4.78 is 0. The molecule has 2 aliphatic heterocycles. The first kappa shape index (κ1) is 24.1. The molecule has 0 bridgehead atoms. The molecule has 1 saturated heterocycles. The number of carbonyl (C=O) groups excluding carboxylic acids is 4. The van der Waals surface area contributed by atoms with Gasteiger partial charge in [-0.2, -0.15) is 5.01 Å². The molecule has 3 rings (SSSR count). The molecular formula is C19H20Cl4N4O4. The molecule has 8 nitrogen and oxygen atoms in total. The predicted molar refractivity (Wildman–Crippen MR) is 118 cm³/mol. The number of amides is 4. The first-order chi connectivity index (χ1) is 14.1. The molecule has 0 aromatic heterocycles. The first-order valence-electron chi connectivity index (χ1n) is 9.31. The second-order valence-electron chi connectivity index (χ2n) is 8.86. The molecule has 2 heterocycles. The van der Waals surface area contributed by atoms with Crippen molar-refractivity contribution in [3.8, 4) is 0 Å². The number of nitrogens with zero attached hydrogens (tertiary/aromatic N) is 1. The molecule has 0 atom stereocenters. The van der Waals surface area contributed by atoms with Gasteiger partial charge in [-0.1, -0.05) is 46.4 Å². The lowest BCUT2D eigenvalue weighted by atomic mass is 9.79. The second kappa shape index (κ2) is 8.08. The monoisotopic (exact) mass is 508 g/mol. The molecule has 0 unspecified atom stereocenters. The third kappa shape index (κ3) is 4.50. The van der Waals surface area contributed by atoms with Gasteiger partial charge in [0.15, 0.2) is 0 Å². The van der Waals surface area contributed by atoms with Crippen LogP contribution in [0.25, 0.3) is 0 Å². The van der Waals surface area contributed by atoms with E-state index >= 15 is 0 Å². The number of rotatable bonds is 2. The van der Waals surface area contributed by atoms with Crippen LogP contribution in [0.4, 0.5) is 0 Å². The Balaban J connectivity index is 1.76. The minimum atomic E-state index is -1.19. The van der Waals surface area contributed by atoms with Gasteiger partial charge in [0.2, 0.25) is 0 Å². The van der Waals surface area contributed by atoms with Crippen LogP contribution in [-0.4, -0.2) is 45.8 Å². The summed E-state index contributed by atoms with van der Waals surface area (Å²) in [6, 6.07) is -0.284. The maximum absolute atomic E-state index is 12.7. The summed E-state index contributed by atoms with van der Waals surface area (Å²) in [6.45, 7) is 7.98. The summed E-state index contributed by atoms with van der Waals surface area (Å²) in [5, 5.41) is 5.55. The molecular weight excluding hydrogens is 490 g/mol. The second-order valence-corrected chi connectivity index (χ2v) is 10.4. The highest BCUT2D eigenvalue weighted by Gasteiger charge is 2.44. The zero-order chi connectivity index (χ0) is 23.5. The van der Waals surface area contributed by atoms with Crippen molar-refractivity contribution in [3.05, 3.63) is 31.2 Å². The number of hydrogen-bond acceptors (Lipinski definition) is 5. The summed E-state index contributed by atoms with van der Waals surface area (Å²) in [6.07, 6.45) is 1.18. The van der Waals surface area contributed by atoms with E-state index in [1.807, 2.05) is 33.1 Å². The van der Waals surface area contributed by atoms with E-state index in [4.69, 9.17) is 46.4 Å². The number of fused-ring (bicyclic) bond motifs is 1. The van der Waals surface area contributed by atoms with Crippen molar-refractivity contribution in [1.82, 2.24) is 21.1 Å². The Morgan fingerprint density at radius 2 is 1.26 bits per heavy atom. The van der Waals surface area contributed by atoms with Crippen molar-refractivity contribution in [1.29, 1.82) is 0 Å². The van der Waals surface area contributed by atoms with Crippen molar-refractivity contribution in [2.24, 2.45) is 0 Å². The number of benzene rings is 1. The van der Waals surface area contributed by atoms with Crippen molar-refractivity contribution in [2.45, 2.75) is 57.7 Å². The van der Waals surface area contributed by atoms with Gasteiger partial charge in [0.25, 0.3) is 11.8 Å². The minimum absolute atomic E-state index is 0.199. The molecule has 4 amide bonds. The first-order valence-corrected chi connectivity index (χ1v) is 10.8. The van der Waals surface area contributed by atoms with Gasteiger partial charge >= 0.3 is 11.8 Å². The maximum atomic E-state index is 12.7. The van der Waals surface area contributed by atoms with Crippen LogP contribution in [0.5, 0.6) is 0 Å². The van der Waals surface area contributed by atoms with Crippen molar-refractivity contribution in [2.75, 3.05) is 0 Å². The van der Waals surface area contributed by atoms with Gasteiger partial charge < -0.3 is 10.6 Å². The highest BCUT2D eigenvalue weighted by Crippen LogP contribution is 2.44. The molecule has 2 aliphatic rings. The van der Waals surface area contributed by atoms with Gasteiger partial charge in [0, 0.05) is 17.1 Å². The fraction of sp³-hybridized carbons (Fsp3) is 0.474. The van der Waals surface area contributed by atoms with Crippen LogP contribution in [0, 0.1) is 0 Å². The Morgan fingerprint density at radius 1 is 0.839 bits per heavy atom. The van der Waals surface area contributed by atoms with Crippen LogP contribution >= 0.6 is 46.4 Å². The van der Waals surface area contributed by atoms with Crippen molar-refractivity contribution in [3.63, 3.8) is 0 Å². The molecule has 0 aliphatic carbocycles. The topological polar surface area (TPSA) is 108 Å². The van der Waals surface area contributed by atoms with Gasteiger partial charge in [-0.05, 0) is 40.5 Å². The van der Waals surface area contributed by atoms with Gasteiger partial charge in [-0.25, -0.2) is 5.43 Å². The number of piperidine rings is 1. The zero-order valence-electron chi connectivity index (χ0n) is 17.1. The summed E-state index contributed by atoms with van der Waals surface area (Å²) >= 11 is 24.0. The standard InChI is InChI=1S/C19H20Cl4N4O4/c1-18(2)5-7(6-19(3,4)26-18)24-14(28)15(29)25-27-16(30)8-9(17(27)31)11(21)13(23)12(22)10(8)20/h7,26H,5-6H2,1-4H3,(H,24,28)(H,25,29). The highest BCUT2D eigenvalue weighted by atomic mass is 35.5. The van der Waals surface area contributed by atoms with E-state index in [1.165, 1.54) is 0 Å².